The molecule has 10 atom stereocenters. The molecular formula is C73H94ClN17O14. The van der Waals surface area contributed by atoms with E-state index in [1.807, 2.05) is 42.5 Å². The number of amides is 13. The standard InChI is InChI=1S/C73H94ClN17O14/c1-40(2)32-55(64(97)85-54(17-10-29-79-72(76)77)71(104)91-31-11-18-61(91)70(103)82-41(3)62(75)95)86-63(96)53(16-9-30-80-73(78)105)84-66(99)57(35-44-22-27-50(94)28-23-44)88-69(102)60(39-92)90-68(101)59(37-48-38-81-52-15-8-7-14-51(48)52)89-67(100)58(34-43-20-25-49(74)26-21-43)87-65(98)56(83-42(4)93)36-45-19-24-46-12-5-6-13-47(46)33-45/h5-8,12-15,19-28,33,38,40-41,53-61,81,92,94H,9-11,16-18,29-32,34-37,39H2,1-4H3,(H2,75,95)(H,82,103)(H,83,93)(H,84,99)(H,85,97)(H,86,96)(H,87,98)(H,88,102)(H,89,100)(H,90,101)(H4,76,77,79)(H3,78,80,105)/t41-,53+,54-,55-,56+,57-,58+,59+,60+,61-/m0/s1. The fourth-order valence-corrected chi connectivity index (χ4v) is 12.3. The first kappa shape index (κ1) is 81.0. The number of aromatic nitrogens is 1. The van der Waals surface area contributed by atoms with Gasteiger partial charge < -0.3 is 95.8 Å². The van der Waals surface area contributed by atoms with Gasteiger partial charge in [0.15, 0.2) is 5.96 Å². The number of hydrogen-bond acceptors (Lipinski definition) is 15. The molecular weight excluding hydrogens is 1370 g/mol. The van der Waals surface area contributed by atoms with Crippen molar-refractivity contribution in [1.82, 2.24) is 68.4 Å². The number of urea groups is 1. The van der Waals surface area contributed by atoms with Crippen molar-refractivity contribution in [1.29, 1.82) is 5.41 Å². The molecule has 0 unspecified atom stereocenters. The number of aromatic hydroxyl groups is 1. The smallest absolute Gasteiger partial charge is 0.312 e. The van der Waals surface area contributed by atoms with E-state index in [0.717, 1.165) is 10.8 Å². The third-order valence-corrected chi connectivity index (χ3v) is 17.9. The average Bonchev–Trinajstić information content (AvgIpc) is 1.81. The number of carbonyl (C=O) groups is 12. The second-order valence-electron chi connectivity index (χ2n) is 26.4. The van der Waals surface area contributed by atoms with Crippen LogP contribution in [0.3, 0.4) is 0 Å². The third-order valence-electron chi connectivity index (χ3n) is 17.7. The second kappa shape index (κ2) is 39.3. The number of halogens is 1. The Labute approximate surface area is 611 Å². The summed E-state index contributed by atoms with van der Waals surface area (Å²) in [6.45, 7) is 5.22. The van der Waals surface area contributed by atoms with Crippen LogP contribution in [0.25, 0.3) is 21.7 Å². The van der Waals surface area contributed by atoms with Gasteiger partial charge in [0.25, 0.3) is 0 Å². The highest BCUT2D eigenvalue weighted by Crippen LogP contribution is 2.24. The highest BCUT2D eigenvalue weighted by molar-refractivity contribution is 6.30. The van der Waals surface area contributed by atoms with Gasteiger partial charge in [-0.25, -0.2) is 4.79 Å². The fraction of sp³-hybridized carbons (Fsp3) is 0.411. The minimum absolute atomic E-state index is 0.00218. The van der Waals surface area contributed by atoms with Crippen LogP contribution in [0.1, 0.15) is 94.9 Å². The van der Waals surface area contributed by atoms with E-state index in [1.54, 1.807) is 68.6 Å². The van der Waals surface area contributed by atoms with Gasteiger partial charge in [-0.3, -0.25) is 58.1 Å². The van der Waals surface area contributed by atoms with Gasteiger partial charge in [0, 0.05) is 74.4 Å². The molecule has 13 amide bonds. The number of nitrogens with one attached hydrogen (secondary N) is 13. The van der Waals surface area contributed by atoms with E-state index < -0.39 is 138 Å². The highest BCUT2D eigenvalue weighted by atomic mass is 35.5. The second-order valence-corrected chi connectivity index (χ2v) is 26.8. The Morgan fingerprint density at radius 2 is 1.05 bits per heavy atom. The van der Waals surface area contributed by atoms with Gasteiger partial charge in [-0.2, -0.15) is 0 Å². The number of aromatic amines is 1. The van der Waals surface area contributed by atoms with E-state index in [-0.39, 0.29) is 101 Å². The van der Waals surface area contributed by atoms with Gasteiger partial charge in [0.1, 0.15) is 66.2 Å². The maximum atomic E-state index is 15.0. The van der Waals surface area contributed by atoms with Crippen molar-refractivity contribution in [2.24, 2.45) is 23.1 Å². The van der Waals surface area contributed by atoms with Crippen LogP contribution in [0.2, 0.25) is 5.02 Å². The number of phenolic OH excluding ortho intramolecular Hbond substituents is 1. The van der Waals surface area contributed by atoms with Crippen molar-refractivity contribution in [2.45, 2.75) is 159 Å². The summed E-state index contributed by atoms with van der Waals surface area (Å²) >= 11 is 6.26. The normalized spacial score (nSPS) is 15.2. The molecule has 0 aliphatic carbocycles. The van der Waals surface area contributed by atoms with E-state index >= 15 is 4.79 Å². The number of aliphatic hydroxyl groups excluding tert-OH is 1. The zero-order valence-electron chi connectivity index (χ0n) is 58.9. The zero-order chi connectivity index (χ0) is 76.4. The molecule has 0 bridgehead atoms. The molecule has 0 saturated carbocycles. The van der Waals surface area contributed by atoms with E-state index in [9.17, 15) is 63.0 Å². The van der Waals surface area contributed by atoms with Crippen molar-refractivity contribution in [2.75, 3.05) is 26.2 Å². The molecule has 7 rings (SSSR count). The highest BCUT2D eigenvalue weighted by Gasteiger charge is 2.40. The molecule has 6 aromatic rings. The van der Waals surface area contributed by atoms with Crippen LogP contribution < -0.4 is 75.7 Å². The van der Waals surface area contributed by atoms with Crippen LogP contribution in [-0.4, -0.2) is 184 Å². The zero-order valence-corrected chi connectivity index (χ0v) is 59.6. The molecule has 1 fully saturated rings. The van der Waals surface area contributed by atoms with Crippen LogP contribution in [0.15, 0.2) is 121 Å². The monoisotopic (exact) mass is 1470 g/mol. The molecule has 5 aromatic carbocycles. The number of nitrogens with two attached hydrogens (primary N) is 3. The number of H-pyrrole nitrogens is 1. The number of benzene rings is 5. The Balaban J connectivity index is 1.15. The number of aliphatic hydroxyl groups is 1. The number of para-hydroxylation sites is 1. The number of likely N-dealkylation sites (tertiary alicyclic amines) is 1. The van der Waals surface area contributed by atoms with Crippen LogP contribution in [0.4, 0.5) is 4.79 Å². The van der Waals surface area contributed by atoms with Crippen LogP contribution in [-0.2, 0) is 78.4 Å². The van der Waals surface area contributed by atoms with Crippen LogP contribution in [0.5, 0.6) is 5.75 Å². The maximum absolute atomic E-state index is 15.0. The van der Waals surface area contributed by atoms with E-state index in [4.69, 9.17) is 34.2 Å². The molecule has 562 valence electrons. The van der Waals surface area contributed by atoms with E-state index in [2.05, 4.69) is 63.5 Å². The molecule has 1 aliphatic heterocycles. The number of phenols is 1. The van der Waals surface area contributed by atoms with E-state index in [1.165, 1.54) is 43.0 Å². The van der Waals surface area contributed by atoms with E-state index in [0.29, 0.717) is 44.6 Å². The Kier molecular flexibility index (Phi) is 30.3. The molecule has 32 heteroatoms. The van der Waals surface area contributed by atoms with Gasteiger partial charge in [-0.15, -0.1) is 0 Å². The maximum Gasteiger partial charge on any atom is 0.312 e. The molecule has 21 N–H and O–H groups in total. The summed E-state index contributed by atoms with van der Waals surface area (Å²) in [4.78, 5) is 172. The largest absolute Gasteiger partial charge is 0.508 e. The van der Waals surface area contributed by atoms with Crippen LogP contribution >= 0.6 is 11.6 Å². The quantitative estimate of drug-likeness (QED) is 0.0143. The number of guanidine groups is 1. The Morgan fingerprint density at radius 3 is 1.64 bits per heavy atom. The fourth-order valence-electron chi connectivity index (χ4n) is 12.2. The summed E-state index contributed by atoms with van der Waals surface area (Å²) in [7, 11) is 0. The summed E-state index contributed by atoms with van der Waals surface area (Å²) in [5, 5.41) is 60.8. The summed E-state index contributed by atoms with van der Waals surface area (Å²) in [5.41, 5.74) is 19.1. The van der Waals surface area contributed by atoms with Gasteiger partial charge >= 0.3 is 6.03 Å². The third kappa shape index (κ3) is 25.0. The molecule has 1 aliphatic rings. The summed E-state index contributed by atoms with van der Waals surface area (Å²) < 4.78 is 0. The average molecular weight is 1470 g/mol. The topological polar surface area (TPSA) is 499 Å². The summed E-state index contributed by atoms with van der Waals surface area (Å²) in [6.07, 6.45) is 1.45. The molecule has 0 radical (unpaired) electrons. The first-order valence-electron chi connectivity index (χ1n) is 34.6. The number of hydrogen-bond donors (Lipinski definition) is 18. The van der Waals surface area contributed by atoms with Gasteiger partial charge in [-0.05, 0) is 121 Å². The lowest BCUT2D eigenvalue weighted by Crippen LogP contribution is -2.61. The first-order valence-corrected chi connectivity index (χ1v) is 35.0. The Bertz CT molecular complexity index is 4080. The summed E-state index contributed by atoms with van der Waals surface area (Å²) in [6, 6.07) is 17.4. The molecule has 1 saturated heterocycles. The molecule has 31 nitrogen and oxygen atoms in total. The lowest BCUT2D eigenvalue weighted by molar-refractivity contribution is -0.142. The number of rotatable bonds is 38. The number of nitrogens with zero attached hydrogens (tertiary/aromatic N) is 1. The van der Waals surface area contributed by atoms with Crippen molar-refractivity contribution in [3.63, 3.8) is 0 Å². The summed E-state index contributed by atoms with van der Waals surface area (Å²) in [5.74, 6) is -9.92. The predicted molar refractivity (Wildman–Crippen MR) is 392 cm³/mol. The van der Waals surface area contributed by atoms with Gasteiger partial charge in [0.2, 0.25) is 65.0 Å². The molecule has 2 heterocycles. The van der Waals surface area contributed by atoms with Crippen molar-refractivity contribution >= 4 is 110 Å². The molecule has 1 aromatic heterocycles. The van der Waals surface area contributed by atoms with Crippen molar-refractivity contribution < 1.29 is 67.7 Å². The molecule has 0 spiro atoms. The minimum Gasteiger partial charge on any atom is -0.508 e. The van der Waals surface area contributed by atoms with Gasteiger partial charge in [0.05, 0.1) is 6.61 Å². The number of carbonyl (C=O) groups excluding carboxylic acids is 12. The number of primary amides is 2. The van der Waals surface area contributed by atoms with Crippen LogP contribution in [0, 0.1) is 11.3 Å². The SMILES string of the molecule is CC(=O)N[C@H](Cc1ccc2ccccc2c1)C(=O)N[C@H](Cc1ccc(Cl)cc1)C(=O)N[C@H](Cc1c[nH]c2ccccc12)C(=O)N[C@H](CO)C(=O)N[C@@H](Cc1ccc(O)cc1)C(=O)N[C@H](CCCNC(N)=O)C(=O)N[C@@H](CC(C)C)C(=O)N[C@@H](CCCNC(=N)N)C(=O)N1CCC[C@H]1C(=O)N[C@@H](C)C(N)=O. The lowest BCUT2D eigenvalue weighted by Gasteiger charge is -2.31. The van der Waals surface area contributed by atoms with Crippen molar-refractivity contribution in [3.05, 3.63) is 149 Å². The first-order chi connectivity index (χ1) is 50.0. The minimum atomic E-state index is -1.86. The Hall–Kier alpha value is -11.3. The Morgan fingerprint density at radius 1 is 0.562 bits per heavy atom. The lowest BCUT2D eigenvalue weighted by atomic mass is 9.99. The molecule has 105 heavy (non-hydrogen) atoms. The van der Waals surface area contributed by atoms with Gasteiger partial charge in [-0.1, -0.05) is 110 Å². The predicted octanol–water partition coefficient (Wildman–Crippen LogP) is 0.580. The number of fused-ring (bicyclic) bond motifs is 2. The van der Waals surface area contributed by atoms with Crippen molar-refractivity contribution in [3.8, 4) is 5.75 Å².